The van der Waals surface area contributed by atoms with Crippen LogP contribution in [0.5, 0.6) is 0 Å². The number of nitrogens with zero attached hydrogens (tertiary/aromatic N) is 1. The number of carbonyl (C=O) groups is 1. The Balaban J connectivity index is 1.20. The molecule has 2 bridgehead atoms. The van der Waals surface area contributed by atoms with E-state index in [1.807, 2.05) is 54.6 Å². The third kappa shape index (κ3) is 5.94. The zero-order valence-electron chi connectivity index (χ0n) is 26.1. The summed E-state index contributed by atoms with van der Waals surface area (Å²) < 4.78 is 44.8. The van der Waals surface area contributed by atoms with E-state index >= 15 is 0 Å². The van der Waals surface area contributed by atoms with E-state index in [9.17, 15) is 23.1 Å². The Kier molecular flexibility index (Phi) is 8.14. The first-order valence-electron chi connectivity index (χ1n) is 16.2. The lowest BCUT2D eigenvalue weighted by atomic mass is 9.75. The molecule has 1 N–H and O–H groups in total. The van der Waals surface area contributed by atoms with Gasteiger partial charge in [-0.25, -0.2) is 4.79 Å². The van der Waals surface area contributed by atoms with Crippen LogP contribution in [0.4, 0.5) is 13.2 Å². The van der Waals surface area contributed by atoms with Crippen LogP contribution in [0.15, 0.2) is 109 Å². The molecule has 5 aromatic carbocycles. The van der Waals surface area contributed by atoms with Gasteiger partial charge in [0.1, 0.15) is 0 Å². The van der Waals surface area contributed by atoms with Crippen LogP contribution in [0.2, 0.25) is 0 Å². The Morgan fingerprint density at radius 1 is 0.830 bits per heavy atom. The van der Waals surface area contributed by atoms with E-state index in [0.29, 0.717) is 11.1 Å². The van der Waals surface area contributed by atoms with E-state index in [-0.39, 0.29) is 18.4 Å². The number of esters is 1. The molecule has 7 heteroatoms. The molecule has 5 aromatic rings. The normalized spacial score (nSPS) is 21.2. The van der Waals surface area contributed by atoms with Crippen molar-refractivity contribution < 1.29 is 27.8 Å². The van der Waals surface area contributed by atoms with Crippen LogP contribution in [0.25, 0.3) is 33.0 Å². The van der Waals surface area contributed by atoms with Crippen molar-refractivity contribution in [3.05, 3.63) is 131 Å². The highest BCUT2D eigenvalue weighted by Gasteiger charge is 2.53. The molecule has 1 aliphatic carbocycles. The predicted octanol–water partition coefficient (Wildman–Crippen LogP) is 9.10. The van der Waals surface area contributed by atoms with Crippen molar-refractivity contribution >= 4 is 16.7 Å². The van der Waals surface area contributed by atoms with Crippen LogP contribution in [0.1, 0.15) is 46.8 Å². The average molecular weight is 636 g/mol. The van der Waals surface area contributed by atoms with E-state index in [4.69, 9.17) is 4.74 Å². The Morgan fingerprint density at radius 2 is 1.47 bits per heavy atom. The van der Waals surface area contributed by atoms with Gasteiger partial charge in [-0.15, -0.1) is 0 Å². The van der Waals surface area contributed by atoms with Crippen molar-refractivity contribution in [2.75, 3.05) is 19.7 Å². The molecule has 0 amide bonds. The average Bonchev–Trinajstić information content (AvgIpc) is 3.23. The lowest BCUT2D eigenvalue weighted by molar-refractivity contribution is -0.137. The van der Waals surface area contributed by atoms with E-state index in [0.717, 1.165) is 77.6 Å². The molecule has 0 radical (unpaired) electrons. The van der Waals surface area contributed by atoms with Crippen molar-refractivity contribution in [3.63, 3.8) is 0 Å². The molecule has 2 fully saturated rings. The number of piperidine rings is 1. The van der Waals surface area contributed by atoms with Crippen LogP contribution in [-0.2, 0) is 23.1 Å². The fourth-order valence-corrected chi connectivity index (χ4v) is 7.67. The number of likely N-dealkylation sites (tertiary alicyclic amines) is 1. The summed E-state index contributed by atoms with van der Waals surface area (Å²) >= 11 is 0. The topological polar surface area (TPSA) is 49.8 Å². The Bertz CT molecular complexity index is 1890. The molecule has 47 heavy (non-hydrogen) atoms. The summed E-state index contributed by atoms with van der Waals surface area (Å²) in [6.45, 7) is 4.56. The fourth-order valence-electron chi connectivity index (χ4n) is 7.67. The number of carbonyl (C=O) groups excluding carboxylic acids is 1. The molecule has 7 rings (SSSR count). The minimum Gasteiger partial charge on any atom is -0.462 e. The SMILES string of the molecule is CCOC(=O)c1cc(-c2ccc(C3(O)C4CCC3CN(Cc3ccccc3)C4)cc2)c2ccc(-c3ccc(C(F)(F)F)cc3)cc2c1. The summed E-state index contributed by atoms with van der Waals surface area (Å²) in [5.74, 6) is -0.153. The molecule has 240 valence electrons. The number of hydrogen-bond acceptors (Lipinski definition) is 4. The van der Waals surface area contributed by atoms with Gasteiger partial charge in [-0.05, 0) is 94.3 Å². The number of hydrogen-bond donors (Lipinski definition) is 1. The lowest BCUT2D eigenvalue weighted by Gasteiger charge is -2.45. The van der Waals surface area contributed by atoms with Crippen LogP contribution >= 0.6 is 0 Å². The van der Waals surface area contributed by atoms with Gasteiger partial charge in [0.25, 0.3) is 0 Å². The Hall–Kier alpha value is -4.46. The molecule has 1 saturated carbocycles. The first kappa shape index (κ1) is 31.2. The van der Waals surface area contributed by atoms with Gasteiger partial charge in [-0.1, -0.05) is 78.9 Å². The van der Waals surface area contributed by atoms with Gasteiger partial charge in [0.05, 0.1) is 23.3 Å². The van der Waals surface area contributed by atoms with Crippen molar-refractivity contribution in [3.8, 4) is 22.3 Å². The smallest absolute Gasteiger partial charge is 0.416 e. The maximum atomic E-state index is 13.1. The van der Waals surface area contributed by atoms with Crippen molar-refractivity contribution in [1.29, 1.82) is 0 Å². The summed E-state index contributed by atoms with van der Waals surface area (Å²) in [6, 6.07) is 32.9. The van der Waals surface area contributed by atoms with Crippen LogP contribution < -0.4 is 0 Å². The van der Waals surface area contributed by atoms with Crippen LogP contribution in [0.3, 0.4) is 0 Å². The van der Waals surface area contributed by atoms with Gasteiger partial charge in [-0.2, -0.15) is 13.2 Å². The zero-order valence-corrected chi connectivity index (χ0v) is 26.1. The zero-order chi connectivity index (χ0) is 32.8. The van der Waals surface area contributed by atoms with Gasteiger partial charge < -0.3 is 9.84 Å². The highest BCUT2D eigenvalue weighted by Crippen LogP contribution is 2.51. The van der Waals surface area contributed by atoms with Gasteiger partial charge in [0.2, 0.25) is 0 Å². The number of ether oxygens (including phenoxy) is 1. The summed E-state index contributed by atoms with van der Waals surface area (Å²) in [4.78, 5) is 15.4. The number of benzene rings is 5. The summed E-state index contributed by atoms with van der Waals surface area (Å²) in [7, 11) is 0. The molecule has 1 saturated heterocycles. The van der Waals surface area contributed by atoms with E-state index in [1.165, 1.54) is 17.7 Å². The molecule has 1 aliphatic heterocycles. The highest BCUT2D eigenvalue weighted by molar-refractivity contribution is 6.04. The number of alkyl halides is 3. The largest absolute Gasteiger partial charge is 0.462 e. The third-order valence-electron chi connectivity index (χ3n) is 9.98. The molecule has 0 spiro atoms. The molecule has 2 atom stereocenters. The maximum absolute atomic E-state index is 13.1. The third-order valence-corrected chi connectivity index (χ3v) is 9.98. The van der Waals surface area contributed by atoms with Crippen molar-refractivity contribution in [2.45, 2.75) is 38.1 Å². The summed E-state index contributed by atoms with van der Waals surface area (Å²) in [5.41, 5.74) is 4.12. The summed E-state index contributed by atoms with van der Waals surface area (Å²) in [5, 5.41) is 13.9. The second-order valence-corrected chi connectivity index (χ2v) is 12.8. The Labute approximate surface area is 272 Å². The molecule has 1 heterocycles. The molecule has 2 unspecified atom stereocenters. The van der Waals surface area contributed by atoms with E-state index < -0.39 is 23.3 Å². The first-order valence-corrected chi connectivity index (χ1v) is 16.2. The maximum Gasteiger partial charge on any atom is 0.416 e. The fraction of sp³-hybridized carbons (Fsp3) is 0.275. The summed E-state index contributed by atoms with van der Waals surface area (Å²) in [6.07, 6.45) is -2.43. The van der Waals surface area contributed by atoms with E-state index in [2.05, 4.69) is 29.2 Å². The van der Waals surface area contributed by atoms with E-state index in [1.54, 1.807) is 13.0 Å². The quantitative estimate of drug-likeness (QED) is 0.181. The molecule has 0 aromatic heterocycles. The monoisotopic (exact) mass is 635 g/mol. The molecule has 2 aliphatic rings. The van der Waals surface area contributed by atoms with Gasteiger partial charge in [0, 0.05) is 31.5 Å². The van der Waals surface area contributed by atoms with Gasteiger partial charge in [0.15, 0.2) is 0 Å². The molecular weight excluding hydrogens is 599 g/mol. The number of halogens is 3. The minimum atomic E-state index is -4.41. The van der Waals surface area contributed by atoms with Crippen molar-refractivity contribution in [2.24, 2.45) is 11.8 Å². The molecular formula is C40H36F3NO3. The van der Waals surface area contributed by atoms with Crippen LogP contribution in [-0.4, -0.2) is 35.7 Å². The second-order valence-electron chi connectivity index (χ2n) is 12.8. The second kappa shape index (κ2) is 12.3. The van der Waals surface area contributed by atoms with Crippen molar-refractivity contribution in [1.82, 2.24) is 4.90 Å². The minimum absolute atomic E-state index is 0.146. The number of aliphatic hydroxyl groups is 1. The standard InChI is InChI=1S/C40H36F3NO3/c1-2-47-38(45)31-21-30-20-29(27-8-15-33(16-9-27)40(41,42)43)12-19-36(30)37(22-31)28-10-13-32(14-11-28)39(46)34-17-18-35(39)25-44(24-34)23-26-6-4-3-5-7-26/h3-16,19-22,34-35,46H,2,17-18,23-25H2,1H3. The first-order chi connectivity index (χ1) is 22.6. The number of rotatable bonds is 7. The van der Waals surface area contributed by atoms with Gasteiger partial charge in [-0.3, -0.25) is 4.90 Å². The lowest BCUT2D eigenvalue weighted by Crippen LogP contribution is -2.51. The Morgan fingerprint density at radius 3 is 2.11 bits per heavy atom. The highest BCUT2D eigenvalue weighted by atomic mass is 19.4. The van der Waals surface area contributed by atoms with Crippen LogP contribution in [0, 0.1) is 11.8 Å². The van der Waals surface area contributed by atoms with Gasteiger partial charge >= 0.3 is 12.1 Å². The number of fused-ring (bicyclic) bond motifs is 3. The molecule has 4 nitrogen and oxygen atoms in total. The predicted molar refractivity (Wildman–Crippen MR) is 178 cm³/mol.